The third-order valence-corrected chi connectivity index (χ3v) is 3.07. The Kier molecular flexibility index (Phi) is 7.04. The lowest BCUT2D eigenvalue weighted by Crippen LogP contribution is -2.32. The predicted octanol–water partition coefficient (Wildman–Crippen LogP) is 1.84. The molecule has 1 aromatic rings. The maximum Gasteiger partial charge on any atom is 0.320 e. The number of benzene rings is 1. The molecular formula is C16H23N3O2. The average molecular weight is 289 g/mol. The summed E-state index contributed by atoms with van der Waals surface area (Å²) in [5, 5.41) is 8.52. The molecule has 1 aliphatic heterocycles. The van der Waals surface area contributed by atoms with Crippen molar-refractivity contribution >= 4 is 5.97 Å². The van der Waals surface area contributed by atoms with E-state index in [1.165, 1.54) is 0 Å². The molecule has 1 heterocycles. The molecule has 0 aliphatic carbocycles. The van der Waals surface area contributed by atoms with Crippen LogP contribution in [0.5, 0.6) is 0 Å². The summed E-state index contributed by atoms with van der Waals surface area (Å²) in [6, 6.07) is 8.54. The van der Waals surface area contributed by atoms with Gasteiger partial charge in [-0.05, 0) is 25.1 Å². The Morgan fingerprint density at radius 2 is 2.10 bits per heavy atom. The maximum atomic E-state index is 10.4. The first-order chi connectivity index (χ1) is 10.1. The minimum atomic E-state index is -0.959. The van der Waals surface area contributed by atoms with Gasteiger partial charge in [0.15, 0.2) is 0 Å². The molecule has 0 aromatic heterocycles. The van der Waals surface area contributed by atoms with Gasteiger partial charge in [-0.1, -0.05) is 36.9 Å². The van der Waals surface area contributed by atoms with E-state index in [-0.39, 0.29) is 0 Å². The van der Waals surface area contributed by atoms with Crippen LogP contribution in [-0.2, 0) is 11.2 Å². The average Bonchev–Trinajstić information content (AvgIpc) is 2.97. The number of carboxylic acids is 1. The van der Waals surface area contributed by atoms with Gasteiger partial charge in [-0.2, -0.15) is 0 Å². The fourth-order valence-corrected chi connectivity index (χ4v) is 1.76. The molecule has 1 atom stereocenters. The number of hydrogen-bond donors (Lipinski definition) is 2. The van der Waals surface area contributed by atoms with Crippen molar-refractivity contribution in [3.8, 4) is 0 Å². The van der Waals surface area contributed by atoms with Crippen LogP contribution in [0.1, 0.15) is 12.5 Å². The van der Waals surface area contributed by atoms with Crippen LogP contribution < -0.4 is 5.73 Å². The second kappa shape index (κ2) is 8.81. The van der Waals surface area contributed by atoms with Crippen molar-refractivity contribution in [1.82, 2.24) is 9.80 Å². The van der Waals surface area contributed by atoms with E-state index < -0.39 is 12.0 Å². The molecule has 0 fully saturated rings. The van der Waals surface area contributed by atoms with Crippen LogP contribution in [0.4, 0.5) is 0 Å². The maximum absolute atomic E-state index is 10.4. The third-order valence-electron chi connectivity index (χ3n) is 3.07. The summed E-state index contributed by atoms with van der Waals surface area (Å²) in [5.74, 6) is -0.959. The van der Waals surface area contributed by atoms with Crippen LogP contribution in [0.3, 0.4) is 0 Å². The van der Waals surface area contributed by atoms with Crippen LogP contribution in [0.25, 0.3) is 0 Å². The Morgan fingerprint density at radius 3 is 2.52 bits per heavy atom. The van der Waals surface area contributed by atoms with Crippen LogP contribution >= 0.6 is 0 Å². The van der Waals surface area contributed by atoms with E-state index in [1.807, 2.05) is 47.6 Å². The Bertz CT molecular complexity index is 474. The van der Waals surface area contributed by atoms with Gasteiger partial charge in [0.05, 0.1) is 6.67 Å². The highest BCUT2D eigenvalue weighted by atomic mass is 16.4. The lowest BCUT2D eigenvalue weighted by molar-refractivity contribution is -0.138. The van der Waals surface area contributed by atoms with Gasteiger partial charge in [0.1, 0.15) is 6.04 Å². The molecule has 0 saturated heterocycles. The van der Waals surface area contributed by atoms with E-state index in [9.17, 15) is 4.79 Å². The minimum Gasteiger partial charge on any atom is -0.480 e. The molecule has 0 saturated carbocycles. The normalized spacial score (nSPS) is 14.4. The molecule has 114 valence electrons. The van der Waals surface area contributed by atoms with Crippen molar-refractivity contribution in [3.05, 3.63) is 61.1 Å². The standard InChI is InChI=1S/C9H11NO2.C7H12N2/c10-8(9(11)12)6-7-4-2-1-3-5-7;1-3-8-5-6-9(4-2)7-8/h1-5,8H,6,10H2,(H,11,12);3,5-6H,1,4,7H2,2H3. The highest BCUT2D eigenvalue weighted by molar-refractivity contribution is 5.73. The van der Waals surface area contributed by atoms with Gasteiger partial charge in [0.25, 0.3) is 0 Å². The number of rotatable bonds is 5. The molecular weight excluding hydrogens is 266 g/mol. The van der Waals surface area contributed by atoms with E-state index in [0.717, 1.165) is 18.8 Å². The monoisotopic (exact) mass is 289 g/mol. The number of carboxylic acid groups (broad SMARTS) is 1. The molecule has 0 bridgehead atoms. The van der Waals surface area contributed by atoms with Crippen LogP contribution in [-0.4, -0.2) is 40.1 Å². The number of nitrogens with two attached hydrogens (primary N) is 1. The Hall–Kier alpha value is -2.27. The summed E-state index contributed by atoms with van der Waals surface area (Å²) in [6.07, 6.45) is 6.31. The van der Waals surface area contributed by atoms with Crippen molar-refractivity contribution in [2.45, 2.75) is 19.4 Å². The summed E-state index contributed by atoms with van der Waals surface area (Å²) < 4.78 is 0. The first kappa shape index (κ1) is 16.8. The molecule has 2 rings (SSSR count). The van der Waals surface area contributed by atoms with Gasteiger partial charge >= 0.3 is 5.97 Å². The summed E-state index contributed by atoms with van der Waals surface area (Å²) in [7, 11) is 0. The molecule has 0 amide bonds. The van der Waals surface area contributed by atoms with Crippen LogP contribution in [0.2, 0.25) is 0 Å². The first-order valence-corrected chi connectivity index (χ1v) is 6.89. The molecule has 3 N–H and O–H groups in total. The zero-order valence-corrected chi connectivity index (χ0v) is 12.4. The van der Waals surface area contributed by atoms with Crippen molar-refractivity contribution in [3.63, 3.8) is 0 Å². The van der Waals surface area contributed by atoms with Crippen molar-refractivity contribution < 1.29 is 9.90 Å². The molecule has 0 spiro atoms. The second-order valence-corrected chi connectivity index (χ2v) is 4.68. The second-order valence-electron chi connectivity index (χ2n) is 4.68. The molecule has 0 radical (unpaired) electrons. The Balaban J connectivity index is 0.000000219. The van der Waals surface area contributed by atoms with Crippen LogP contribution in [0, 0.1) is 0 Å². The lowest BCUT2D eigenvalue weighted by Gasteiger charge is -2.15. The molecule has 5 nitrogen and oxygen atoms in total. The quantitative estimate of drug-likeness (QED) is 0.865. The van der Waals surface area contributed by atoms with Crippen molar-refractivity contribution in [2.24, 2.45) is 5.73 Å². The van der Waals surface area contributed by atoms with Gasteiger partial charge < -0.3 is 20.6 Å². The smallest absolute Gasteiger partial charge is 0.320 e. The van der Waals surface area contributed by atoms with Gasteiger partial charge in [-0.3, -0.25) is 4.79 Å². The molecule has 5 heteroatoms. The number of aliphatic carboxylic acids is 1. The van der Waals surface area contributed by atoms with E-state index >= 15 is 0 Å². The van der Waals surface area contributed by atoms with Gasteiger partial charge in [-0.15, -0.1) is 0 Å². The third kappa shape index (κ3) is 6.14. The largest absolute Gasteiger partial charge is 0.480 e. The summed E-state index contributed by atoms with van der Waals surface area (Å²) in [4.78, 5) is 14.6. The van der Waals surface area contributed by atoms with E-state index in [0.29, 0.717) is 6.42 Å². The minimum absolute atomic E-state index is 0.385. The van der Waals surface area contributed by atoms with E-state index in [2.05, 4.69) is 24.6 Å². The fraction of sp³-hybridized carbons (Fsp3) is 0.312. The number of hydrogen-bond acceptors (Lipinski definition) is 4. The predicted molar refractivity (Wildman–Crippen MR) is 84.2 cm³/mol. The zero-order chi connectivity index (χ0) is 15.7. The Morgan fingerprint density at radius 1 is 1.43 bits per heavy atom. The number of nitrogens with zero attached hydrogens (tertiary/aromatic N) is 2. The zero-order valence-electron chi connectivity index (χ0n) is 12.4. The van der Waals surface area contributed by atoms with Gasteiger partial charge in [0.2, 0.25) is 0 Å². The van der Waals surface area contributed by atoms with Gasteiger partial charge in [0, 0.05) is 18.9 Å². The van der Waals surface area contributed by atoms with E-state index in [4.69, 9.17) is 10.8 Å². The van der Waals surface area contributed by atoms with Gasteiger partial charge in [-0.25, -0.2) is 0 Å². The molecule has 1 aliphatic rings. The SMILES string of the molecule is C=CN1C=CN(CC)C1.NC(Cc1ccccc1)C(=O)O. The topological polar surface area (TPSA) is 69.8 Å². The molecule has 21 heavy (non-hydrogen) atoms. The molecule has 1 unspecified atom stereocenters. The Labute approximate surface area is 126 Å². The lowest BCUT2D eigenvalue weighted by atomic mass is 10.1. The van der Waals surface area contributed by atoms with E-state index in [1.54, 1.807) is 0 Å². The summed E-state index contributed by atoms with van der Waals surface area (Å²) >= 11 is 0. The van der Waals surface area contributed by atoms with Crippen molar-refractivity contribution in [2.75, 3.05) is 13.2 Å². The van der Waals surface area contributed by atoms with Crippen molar-refractivity contribution in [1.29, 1.82) is 0 Å². The first-order valence-electron chi connectivity index (χ1n) is 6.89. The van der Waals surface area contributed by atoms with Crippen LogP contribution in [0.15, 0.2) is 55.5 Å². The fourth-order valence-electron chi connectivity index (χ4n) is 1.76. The summed E-state index contributed by atoms with van der Waals surface area (Å²) in [6.45, 7) is 7.82. The molecule has 1 aromatic carbocycles. The highest BCUT2D eigenvalue weighted by Crippen LogP contribution is 2.04. The number of carbonyl (C=O) groups is 1. The summed E-state index contributed by atoms with van der Waals surface area (Å²) in [5.41, 5.74) is 6.30. The highest BCUT2D eigenvalue weighted by Gasteiger charge is 2.10.